The van der Waals surface area contributed by atoms with Gasteiger partial charge in [-0.05, 0) is 61.6 Å². The largest absolute Gasteiger partial charge is 0.348 e. The Hall–Kier alpha value is -2.25. The van der Waals surface area contributed by atoms with Gasteiger partial charge in [-0.3, -0.25) is 0 Å². The molecular formula is C23H25FN2O2S2. The molecular weight excluding hydrogens is 419 g/mol. The molecule has 1 aliphatic heterocycles. The van der Waals surface area contributed by atoms with Crippen LogP contribution in [0, 0.1) is 19.7 Å². The minimum atomic E-state index is -3.52. The average molecular weight is 445 g/mol. The molecule has 30 heavy (non-hydrogen) atoms. The molecule has 0 saturated carbocycles. The number of nitrogens with zero attached hydrogens (tertiary/aromatic N) is 2. The van der Waals surface area contributed by atoms with Crippen molar-refractivity contribution in [2.24, 2.45) is 0 Å². The highest BCUT2D eigenvalue weighted by Crippen LogP contribution is 2.30. The Labute approximate surface area is 181 Å². The van der Waals surface area contributed by atoms with Gasteiger partial charge < -0.3 is 4.90 Å². The summed E-state index contributed by atoms with van der Waals surface area (Å²) in [5.41, 5.74) is 4.90. The van der Waals surface area contributed by atoms with Gasteiger partial charge >= 0.3 is 0 Å². The summed E-state index contributed by atoms with van der Waals surface area (Å²) in [6.45, 7) is 5.52. The summed E-state index contributed by atoms with van der Waals surface area (Å²) < 4.78 is 39.2. The van der Waals surface area contributed by atoms with Crippen molar-refractivity contribution in [3.05, 3.63) is 76.0 Å². The zero-order valence-corrected chi connectivity index (χ0v) is 18.8. The summed E-state index contributed by atoms with van der Waals surface area (Å²) in [7, 11) is -3.52. The van der Waals surface area contributed by atoms with E-state index in [1.807, 2.05) is 0 Å². The van der Waals surface area contributed by atoms with E-state index in [2.05, 4.69) is 42.3 Å². The van der Waals surface area contributed by atoms with Gasteiger partial charge in [-0.25, -0.2) is 17.8 Å². The maximum Gasteiger partial charge on any atom is 0.185 e. The summed E-state index contributed by atoms with van der Waals surface area (Å²) >= 11 is 1.61. The summed E-state index contributed by atoms with van der Waals surface area (Å²) in [5, 5.41) is 2.55. The monoisotopic (exact) mass is 444 g/mol. The topological polar surface area (TPSA) is 50.3 Å². The highest BCUT2D eigenvalue weighted by Gasteiger charge is 2.32. The number of thiazole rings is 1. The first-order valence-electron chi connectivity index (χ1n) is 10.1. The molecule has 1 aromatic heterocycles. The number of aromatic nitrogens is 1. The molecule has 1 fully saturated rings. The van der Waals surface area contributed by atoms with Crippen LogP contribution in [0.3, 0.4) is 0 Å². The van der Waals surface area contributed by atoms with Gasteiger partial charge in [0.1, 0.15) is 5.82 Å². The predicted molar refractivity (Wildman–Crippen MR) is 120 cm³/mol. The van der Waals surface area contributed by atoms with Crippen molar-refractivity contribution in [2.75, 3.05) is 18.0 Å². The fourth-order valence-corrected chi connectivity index (χ4v) is 6.67. The second kappa shape index (κ2) is 8.47. The molecule has 0 unspecified atom stereocenters. The van der Waals surface area contributed by atoms with E-state index in [9.17, 15) is 12.8 Å². The molecule has 0 bridgehead atoms. The van der Waals surface area contributed by atoms with E-state index in [1.54, 1.807) is 11.3 Å². The van der Waals surface area contributed by atoms with Gasteiger partial charge in [0, 0.05) is 24.9 Å². The number of sulfone groups is 1. The van der Waals surface area contributed by atoms with Gasteiger partial charge in [0.25, 0.3) is 0 Å². The van der Waals surface area contributed by atoms with Crippen molar-refractivity contribution in [3.8, 4) is 0 Å². The van der Waals surface area contributed by atoms with E-state index in [1.165, 1.54) is 34.9 Å². The molecule has 0 radical (unpaired) electrons. The predicted octanol–water partition coefficient (Wildman–Crippen LogP) is 4.93. The summed E-state index contributed by atoms with van der Waals surface area (Å²) in [5.74, 6) is -0.521. The number of piperidine rings is 1. The fourth-order valence-electron chi connectivity index (χ4n) is 4.03. The van der Waals surface area contributed by atoms with E-state index in [0.717, 1.165) is 23.3 Å². The van der Waals surface area contributed by atoms with Crippen LogP contribution >= 0.6 is 11.3 Å². The Kier molecular flexibility index (Phi) is 5.93. The number of halogens is 1. The average Bonchev–Trinajstić information content (AvgIpc) is 3.20. The zero-order chi connectivity index (χ0) is 21.3. The number of aryl methyl sites for hydroxylation is 2. The Morgan fingerprint density at radius 1 is 1.10 bits per heavy atom. The quantitative estimate of drug-likeness (QED) is 0.560. The normalized spacial score (nSPS) is 15.5. The SMILES string of the molecule is Cc1cccc(C)c1Cc1csc(N2CCC(S(=O)(=O)c3cccc(F)c3)CC2)n1. The second-order valence-electron chi connectivity index (χ2n) is 7.86. The minimum absolute atomic E-state index is 0.0751. The molecule has 0 spiro atoms. The van der Waals surface area contributed by atoms with E-state index in [4.69, 9.17) is 4.98 Å². The van der Waals surface area contributed by atoms with Crippen LogP contribution in [0.5, 0.6) is 0 Å². The first-order chi connectivity index (χ1) is 14.3. The Bertz CT molecular complexity index is 1130. The Morgan fingerprint density at radius 3 is 2.43 bits per heavy atom. The molecule has 1 saturated heterocycles. The molecule has 0 atom stereocenters. The van der Waals surface area contributed by atoms with Crippen LogP contribution in [-0.2, 0) is 16.3 Å². The maximum atomic E-state index is 13.5. The third-order valence-electron chi connectivity index (χ3n) is 5.82. The molecule has 0 amide bonds. The first-order valence-corrected chi connectivity index (χ1v) is 12.5. The maximum absolute atomic E-state index is 13.5. The lowest BCUT2D eigenvalue weighted by Crippen LogP contribution is -2.39. The van der Waals surface area contributed by atoms with Gasteiger partial charge in [-0.1, -0.05) is 24.3 Å². The summed E-state index contributed by atoms with van der Waals surface area (Å²) in [6, 6.07) is 11.6. The first kappa shape index (κ1) is 21.0. The van der Waals surface area contributed by atoms with Crippen LogP contribution in [0.1, 0.15) is 35.2 Å². The number of hydrogen-bond donors (Lipinski definition) is 0. The third kappa shape index (κ3) is 4.27. The van der Waals surface area contributed by atoms with Gasteiger partial charge in [0.05, 0.1) is 15.8 Å². The van der Waals surface area contributed by atoms with Crippen molar-refractivity contribution in [3.63, 3.8) is 0 Å². The van der Waals surface area contributed by atoms with Crippen molar-refractivity contribution < 1.29 is 12.8 Å². The lowest BCUT2D eigenvalue weighted by molar-refractivity contribution is 0.528. The van der Waals surface area contributed by atoms with E-state index in [-0.39, 0.29) is 4.90 Å². The molecule has 1 aliphatic rings. The standard InChI is InChI=1S/C23H25FN2O2S2/c1-16-5-3-6-17(2)22(16)14-19-15-29-23(25-19)26-11-9-20(10-12-26)30(27,28)21-8-4-7-18(24)13-21/h3-8,13,15,20H,9-12,14H2,1-2H3. The van der Waals surface area contributed by atoms with Gasteiger partial charge in [0.15, 0.2) is 15.0 Å². The lowest BCUT2D eigenvalue weighted by atomic mass is 9.99. The molecule has 4 nitrogen and oxygen atoms in total. The summed E-state index contributed by atoms with van der Waals surface area (Å²) in [6.07, 6.45) is 1.84. The highest BCUT2D eigenvalue weighted by molar-refractivity contribution is 7.92. The molecule has 3 aromatic rings. The molecule has 2 aromatic carbocycles. The number of hydrogen-bond acceptors (Lipinski definition) is 5. The zero-order valence-electron chi connectivity index (χ0n) is 17.1. The van der Waals surface area contributed by atoms with Crippen LogP contribution in [0.25, 0.3) is 0 Å². The third-order valence-corrected chi connectivity index (χ3v) is 9.03. The van der Waals surface area contributed by atoms with E-state index in [0.29, 0.717) is 25.9 Å². The second-order valence-corrected chi connectivity index (χ2v) is 10.9. The van der Waals surface area contributed by atoms with Gasteiger partial charge in [0.2, 0.25) is 0 Å². The number of benzene rings is 2. The molecule has 7 heteroatoms. The molecule has 0 aliphatic carbocycles. The van der Waals surface area contributed by atoms with Crippen LogP contribution in [-0.4, -0.2) is 31.7 Å². The van der Waals surface area contributed by atoms with E-state index < -0.39 is 20.9 Å². The van der Waals surface area contributed by atoms with Crippen molar-refractivity contribution in [1.29, 1.82) is 0 Å². The van der Waals surface area contributed by atoms with E-state index >= 15 is 0 Å². The van der Waals surface area contributed by atoms with Crippen molar-refractivity contribution in [1.82, 2.24) is 4.98 Å². The van der Waals surface area contributed by atoms with Crippen LogP contribution in [0.2, 0.25) is 0 Å². The molecule has 4 rings (SSSR count). The highest BCUT2D eigenvalue weighted by atomic mass is 32.2. The fraction of sp³-hybridized carbons (Fsp3) is 0.348. The van der Waals surface area contributed by atoms with Crippen molar-refractivity contribution in [2.45, 2.75) is 43.3 Å². The van der Waals surface area contributed by atoms with Gasteiger partial charge in [-0.15, -0.1) is 11.3 Å². The summed E-state index contributed by atoms with van der Waals surface area (Å²) in [4.78, 5) is 7.05. The smallest absolute Gasteiger partial charge is 0.185 e. The minimum Gasteiger partial charge on any atom is -0.348 e. The van der Waals surface area contributed by atoms with Crippen molar-refractivity contribution >= 4 is 26.3 Å². The lowest BCUT2D eigenvalue weighted by Gasteiger charge is -2.31. The van der Waals surface area contributed by atoms with Crippen LogP contribution in [0.15, 0.2) is 52.7 Å². The Balaban J connectivity index is 1.43. The molecule has 2 heterocycles. The van der Waals surface area contributed by atoms with Crippen LogP contribution in [0.4, 0.5) is 9.52 Å². The number of rotatable bonds is 5. The Morgan fingerprint density at radius 2 is 1.77 bits per heavy atom. The van der Waals surface area contributed by atoms with Gasteiger partial charge in [-0.2, -0.15) is 0 Å². The molecule has 158 valence electrons. The van der Waals surface area contributed by atoms with Crippen LogP contribution < -0.4 is 4.90 Å². The molecule has 0 N–H and O–H groups in total. The number of anilines is 1.